The number of benzene rings is 1. The largest absolute Gasteiger partial charge is 0.327 e. The third-order valence-electron chi connectivity index (χ3n) is 6.32. The number of hydrogen-bond acceptors (Lipinski definition) is 4. The first-order valence-electron chi connectivity index (χ1n) is 9.57. The van der Waals surface area contributed by atoms with Crippen LogP contribution in [0.1, 0.15) is 24.8 Å². The predicted molar refractivity (Wildman–Crippen MR) is 104 cm³/mol. The number of hydrogen-bond donors (Lipinski definition) is 0. The van der Waals surface area contributed by atoms with E-state index in [4.69, 9.17) is 0 Å². The van der Waals surface area contributed by atoms with E-state index in [0.717, 1.165) is 31.5 Å². The zero-order valence-corrected chi connectivity index (χ0v) is 16.2. The van der Waals surface area contributed by atoms with Gasteiger partial charge in [0.05, 0.1) is 0 Å². The van der Waals surface area contributed by atoms with Gasteiger partial charge < -0.3 is 4.90 Å². The number of urea groups is 1. The highest BCUT2D eigenvalue weighted by atomic mass is 32.2. The molecule has 0 saturated carbocycles. The minimum absolute atomic E-state index is 0.0152. The number of carbonyl (C=O) groups excluding carboxylic acids is 2. The van der Waals surface area contributed by atoms with Crippen LogP contribution in [0.3, 0.4) is 0 Å². The predicted octanol–water partition coefficient (Wildman–Crippen LogP) is 2.46. The molecule has 5 nitrogen and oxygen atoms in total. The zero-order valence-electron chi connectivity index (χ0n) is 15.4. The van der Waals surface area contributed by atoms with Crippen LogP contribution in [-0.2, 0) is 11.2 Å². The van der Waals surface area contributed by atoms with Gasteiger partial charge in [0.2, 0.25) is 0 Å². The Balaban J connectivity index is 1.42. The standard InChI is InChI=1S/C20H27N3O2S/c1-21-19(25)23(11-7-16-5-3-2-4-6-16)18(24)20(21)9-12-22(13-10-20)17-8-14-26-15-17/h2-6,17H,7-15H2,1H3. The van der Waals surface area contributed by atoms with Crippen LogP contribution in [-0.4, -0.2) is 76.4 Å². The molecule has 3 fully saturated rings. The Morgan fingerprint density at radius 2 is 1.88 bits per heavy atom. The lowest BCUT2D eigenvalue weighted by molar-refractivity contribution is -0.135. The Labute approximate surface area is 159 Å². The van der Waals surface area contributed by atoms with Crippen LogP contribution in [0.2, 0.25) is 0 Å². The van der Waals surface area contributed by atoms with E-state index in [2.05, 4.69) is 4.90 Å². The normalized spacial score (nSPS) is 26.3. The molecule has 0 radical (unpaired) electrons. The molecule has 0 bridgehead atoms. The third kappa shape index (κ3) is 3.03. The van der Waals surface area contributed by atoms with Gasteiger partial charge in [0.1, 0.15) is 5.54 Å². The summed E-state index contributed by atoms with van der Waals surface area (Å²) >= 11 is 2.02. The second-order valence-electron chi connectivity index (χ2n) is 7.62. The summed E-state index contributed by atoms with van der Waals surface area (Å²) in [5, 5.41) is 0. The first kappa shape index (κ1) is 17.9. The summed E-state index contributed by atoms with van der Waals surface area (Å²) < 4.78 is 0. The first-order valence-corrected chi connectivity index (χ1v) is 10.7. The van der Waals surface area contributed by atoms with Crippen molar-refractivity contribution in [2.75, 3.05) is 38.2 Å². The lowest BCUT2D eigenvalue weighted by Crippen LogP contribution is -2.57. The minimum atomic E-state index is -0.615. The van der Waals surface area contributed by atoms with E-state index >= 15 is 0 Å². The van der Waals surface area contributed by atoms with Crippen molar-refractivity contribution >= 4 is 23.7 Å². The van der Waals surface area contributed by atoms with E-state index in [9.17, 15) is 9.59 Å². The molecule has 1 spiro atoms. The van der Waals surface area contributed by atoms with Crippen LogP contribution in [0.25, 0.3) is 0 Å². The highest BCUT2D eigenvalue weighted by Gasteiger charge is 2.56. The Bertz CT molecular complexity index is 667. The van der Waals surface area contributed by atoms with Crippen LogP contribution in [0, 0.1) is 0 Å². The SMILES string of the molecule is CN1C(=O)N(CCc2ccccc2)C(=O)C12CCN(C1CCSC1)CC2. The maximum absolute atomic E-state index is 13.2. The van der Waals surface area contributed by atoms with Crippen molar-refractivity contribution in [3.8, 4) is 0 Å². The summed E-state index contributed by atoms with van der Waals surface area (Å²) in [6, 6.07) is 10.6. The van der Waals surface area contributed by atoms with Crippen LogP contribution >= 0.6 is 11.8 Å². The van der Waals surface area contributed by atoms with Crippen molar-refractivity contribution in [2.45, 2.75) is 37.3 Å². The zero-order chi connectivity index (χ0) is 18.1. The molecule has 1 atom stereocenters. The Hall–Kier alpha value is -1.53. The van der Waals surface area contributed by atoms with Crippen LogP contribution in [0.5, 0.6) is 0 Å². The van der Waals surface area contributed by atoms with Gasteiger partial charge in [0.15, 0.2) is 0 Å². The molecule has 1 aromatic carbocycles. The number of likely N-dealkylation sites (N-methyl/N-ethyl adjacent to an activating group) is 1. The van der Waals surface area contributed by atoms with Gasteiger partial charge in [-0.3, -0.25) is 14.6 Å². The molecule has 3 heterocycles. The van der Waals surface area contributed by atoms with Gasteiger partial charge in [-0.1, -0.05) is 30.3 Å². The number of piperidine rings is 1. The van der Waals surface area contributed by atoms with Gasteiger partial charge in [-0.05, 0) is 37.0 Å². The van der Waals surface area contributed by atoms with Crippen molar-refractivity contribution in [3.05, 3.63) is 35.9 Å². The average molecular weight is 374 g/mol. The topological polar surface area (TPSA) is 43.9 Å². The van der Waals surface area contributed by atoms with Crippen molar-refractivity contribution in [1.82, 2.24) is 14.7 Å². The van der Waals surface area contributed by atoms with E-state index < -0.39 is 5.54 Å². The van der Waals surface area contributed by atoms with Crippen molar-refractivity contribution < 1.29 is 9.59 Å². The number of carbonyl (C=O) groups is 2. The molecule has 0 aliphatic carbocycles. The second-order valence-corrected chi connectivity index (χ2v) is 8.77. The Morgan fingerprint density at radius 3 is 2.54 bits per heavy atom. The van der Waals surface area contributed by atoms with Crippen LogP contribution < -0.4 is 0 Å². The number of rotatable bonds is 4. The maximum Gasteiger partial charge on any atom is 0.327 e. The third-order valence-corrected chi connectivity index (χ3v) is 7.46. The number of nitrogens with zero attached hydrogens (tertiary/aromatic N) is 3. The second kappa shape index (κ2) is 7.24. The summed E-state index contributed by atoms with van der Waals surface area (Å²) in [5.74, 6) is 2.47. The fourth-order valence-corrected chi connectivity index (χ4v) is 5.80. The van der Waals surface area contributed by atoms with E-state index in [0.29, 0.717) is 19.0 Å². The lowest BCUT2D eigenvalue weighted by atomic mass is 9.85. The van der Waals surface area contributed by atoms with E-state index in [1.807, 2.05) is 49.1 Å². The quantitative estimate of drug-likeness (QED) is 0.761. The minimum Gasteiger partial charge on any atom is -0.312 e. The molecular weight excluding hydrogens is 346 g/mol. The fraction of sp³-hybridized carbons (Fsp3) is 0.600. The fourth-order valence-electron chi connectivity index (χ4n) is 4.55. The molecule has 1 unspecified atom stereocenters. The molecule has 6 heteroatoms. The van der Waals surface area contributed by atoms with E-state index in [1.54, 1.807) is 4.90 Å². The molecule has 0 N–H and O–H groups in total. The molecular formula is C20H27N3O2S. The first-order chi connectivity index (χ1) is 12.6. The van der Waals surface area contributed by atoms with Crippen LogP contribution in [0.15, 0.2) is 30.3 Å². The number of thioether (sulfide) groups is 1. The van der Waals surface area contributed by atoms with Gasteiger partial charge in [-0.25, -0.2) is 4.79 Å². The van der Waals surface area contributed by atoms with E-state index in [1.165, 1.54) is 22.8 Å². The summed E-state index contributed by atoms with van der Waals surface area (Å²) in [6.45, 7) is 2.30. The van der Waals surface area contributed by atoms with Crippen LogP contribution in [0.4, 0.5) is 4.79 Å². The van der Waals surface area contributed by atoms with Gasteiger partial charge in [0.25, 0.3) is 5.91 Å². The van der Waals surface area contributed by atoms with Crippen molar-refractivity contribution in [3.63, 3.8) is 0 Å². The molecule has 140 valence electrons. The molecule has 3 aliphatic heterocycles. The van der Waals surface area contributed by atoms with E-state index in [-0.39, 0.29) is 11.9 Å². The molecule has 3 amide bonds. The smallest absolute Gasteiger partial charge is 0.312 e. The molecule has 26 heavy (non-hydrogen) atoms. The van der Waals surface area contributed by atoms with Gasteiger partial charge in [-0.15, -0.1) is 0 Å². The Morgan fingerprint density at radius 1 is 1.15 bits per heavy atom. The molecule has 0 aromatic heterocycles. The highest BCUT2D eigenvalue weighted by molar-refractivity contribution is 7.99. The summed E-state index contributed by atoms with van der Waals surface area (Å²) in [5.41, 5.74) is 0.543. The number of likely N-dealkylation sites (tertiary alicyclic amines) is 1. The monoisotopic (exact) mass is 373 g/mol. The van der Waals surface area contributed by atoms with Gasteiger partial charge in [-0.2, -0.15) is 11.8 Å². The summed E-state index contributed by atoms with van der Waals surface area (Å²) in [7, 11) is 1.81. The van der Waals surface area contributed by atoms with Gasteiger partial charge >= 0.3 is 6.03 Å². The molecule has 3 aliphatic rings. The highest BCUT2D eigenvalue weighted by Crippen LogP contribution is 2.37. The molecule has 1 aromatic rings. The Kier molecular flexibility index (Phi) is 4.97. The molecule has 4 rings (SSSR count). The number of imide groups is 1. The number of amides is 3. The van der Waals surface area contributed by atoms with Crippen molar-refractivity contribution in [2.24, 2.45) is 0 Å². The molecule has 3 saturated heterocycles. The lowest BCUT2D eigenvalue weighted by Gasteiger charge is -2.42. The summed E-state index contributed by atoms with van der Waals surface area (Å²) in [6.07, 6.45) is 3.49. The summed E-state index contributed by atoms with van der Waals surface area (Å²) in [4.78, 5) is 31.7. The van der Waals surface area contributed by atoms with Gasteiger partial charge in [0, 0.05) is 38.5 Å². The average Bonchev–Trinajstić information content (AvgIpc) is 3.27. The maximum atomic E-state index is 13.2. The van der Waals surface area contributed by atoms with Crippen molar-refractivity contribution in [1.29, 1.82) is 0 Å².